The number of aliphatic hydroxyl groups is 2. The zero-order valence-electron chi connectivity index (χ0n) is 13.4. The first-order valence-corrected chi connectivity index (χ1v) is 8.23. The van der Waals surface area contributed by atoms with Crippen molar-refractivity contribution in [2.24, 2.45) is 0 Å². The summed E-state index contributed by atoms with van der Waals surface area (Å²) in [5.74, 6) is 0.778. The summed E-state index contributed by atoms with van der Waals surface area (Å²) in [6, 6.07) is 9.95. The highest BCUT2D eigenvalue weighted by molar-refractivity contribution is 6.31. The smallest absolute Gasteiger partial charge is 0.195 e. The molecule has 2 aromatic carbocycles. The second kappa shape index (κ2) is 7.74. The Kier molecular flexibility index (Phi) is 5.43. The van der Waals surface area contributed by atoms with Crippen molar-refractivity contribution in [1.29, 1.82) is 0 Å². The average Bonchev–Trinajstić information content (AvgIpc) is 2.64. The van der Waals surface area contributed by atoms with Gasteiger partial charge in [0.1, 0.15) is 13.2 Å². The van der Waals surface area contributed by atoms with Gasteiger partial charge < -0.3 is 25.0 Å². The molecule has 0 fully saturated rings. The third kappa shape index (κ3) is 4.04. The number of nitrogens with one attached hydrogen (secondary N) is 1. The molecule has 6 nitrogen and oxygen atoms in total. The molecule has 7 heteroatoms. The molecule has 0 aliphatic carbocycles. The van der Waals surface area contributed by atoms with Crippen LogP contribution in [0, 0.1) is 0 Å². The number of halogens is 1. The number of aliphatic hydroxyl groups excluding tert-OH is 2. The van der Waals surface area contributed by atoms with Crippen molar-refractivity contribution in [3.05, 3.63) is 52.5 Å². The number of hydrogen-bond donors (Lipinski definition) is 3. The molecule has 3 rings (SSSR count). The molecule has 0 bridgehead atoms. The van der Waals surface area contributed by atoms with Crippen LogP contribution in [0.25, 0.3) is 0 Å². The molecular weight excluding hydrogens is 346 g/mol. The molecule has 25 heavy (non-hydrogen) atoms. The van der Waals surface area contributed by atoms with Gasteiger partial charge in [0, 0.05) is 34.4 Å². The second-order valence-electron chi connectivity index (χ2n) is 5.60. The molecule has 2 aromatic rings. The van der Waals surface area contributed by atoms with Crippen LogP contribution in [-0.4, -0.2) is 48.5 Å². The Hall–Kier alpha value is -2.28. The number of hydrogen-bond acceptors (Lipinski definition) is 6. The van der Waals surface area contributed by atoms with Gasteiger partial charge in [0.05, 0.1) is 12.7 Å². The maximum Gasteiger partial charge on any atom is 0.195 e. The quantitative estimate of drug-likeness (QED) is 0.681. The number of fused-ring (bicyclic) bond motifs is 1. The van der Waals surface area contributed by atoms with Crippen molar-refractivity contribution in [3.8, 4) is 11.5 Å². The van der Waals surface area contributed by atoms with Gasteiger partial charge in [-0.3, -0.25) is 4.79 Å². The lowest BCUT2D eigenvalue weighted by atomic mass is 10.0. The van der Waals surface area contributed by atoms with E-state index in [0.717, 1.165) is 0 Å². The van der Waals surface area contributed by atoms with Crippen LogP contribution < -0.4 is 14.8 Å². The summed E-state index contributed by atoms with van der Waals surface area (Å²) in [7, 11) is 0. The molecule has 0 saturated heterocycles. The maximum absolute atomic E-state index is 12.9. The molecule has 132 valence electrons. The zero-order valence-corrected chi connectivity index (χ0v) is 14.1. The average molecular weight is 364 g/mol. The number of ether oxygens (including phenoxy) is 2. The van der Waals surface area contributed by atoms with E-state index < -0.39 is 6.10 Å². The van der Waals surface area contributed by atoms with Gasteiger partial charge in [0.25, 0.3) is 0 Å². The largest absolute Gasteiger partial charge is 0.486 e. The lowest BCUT2D eigenvalue weighted by Gasteiger charge is -2.22. The summed E-state index contributed by atoms with van der Waals surface area (Å²) in [5, 5.41) is 22.0. The maximum atomic E-state index is 12.9. The minimum Gasteiger partial charge on any atom is -0.486 e. The molecule has 3 N–H and O–H groups in total. The van der Waals surface area contributed by atoms with Crippen LogP contribution in [-0.2, 0) is 0 Å². The number of benzene rings is 2. The Morgan fingerprint density at radius 3 is 2.60 bits per heavy atom. The van der Waals surface area contributed by atoms with Crippen LogP contribution >= 0.6 is 11.6 Å². The van der Waals surface area contributed by atoms with Crippen LogP contribution in [0.5, 0.6) is 11.5 Å². The fourth-order valence-corrected chi connectivity index (χ4v) is 2.69. The number of anilines is 1. The van der Waals surface area contributed by atoms with Gasteiger partial charge in [-0.15, -0.1) is 0 Å². The fraction of sp³-hybridized carbons (Fsp3) is 0.278. The molecule has 0 radical (unpaired) electrons. The summed E-state index contributed by atoms with van der Waals surface area (Å²) < 4.78 is 11.1. The van der Waals surface area contributed by atoms with Gasteiger partial charge in [-0.1, -0.05) is 23.7 Å². The van der Waals surface area contributed by atoms with E-state index in [4.69, 9.17) is 26.2 Å². The highest BCUT2D eigenvalue weighted by Crippen LogP contribution is 2.36. The van der Waals surface area contributed by atoms with Gasteiger partial charge in [-0.25, -0.2) is 0 Å². The van der Waals surface area contributed by atoms with Crippen molar-refractivity contribution in [3.63, 3.8) is 0 Å². The molecular formula is C18H18ClNO5. The van der Waals surface area contributed by atoms with E-state index in [9.17, 15) is 9.90 Å². The van der Waals surface area contributed by atoms with Crippen LogP contribution in [0.3, 0.4) is 0 Å². The van der Waals surface area contributed by atoms with E-state index in [2.05, 4.69) is 5.32 Å². The van der Waals surface area contributed by atoms with Gasteiger partial charge in [0.15, 0.2) is 17.3 Å². The van der Waals surface area contributed by atoms with Crippen molar-refractivity contribution in [2.75, 3.05) is 31.7 Å². The van der Waals surface area contributed by atoms with Gasteiger partial charge in [-0.2, -0.15) is 0 Å². The first-order chi connectivity index (χ1) is 12.1. The summed E-state index contributed by atoms with van der Waals surface area (Å²) in [5.41, 5.74) is 1.30. The zero-order chi connectivity index (χ0) is 17.8. The topological polar surface area (TPSA) is 88.0 Å². The van der Waals surface area contributed by atoms with E-state index in [1.54, 1.807) is 36.4 Å². The Labute approximate surface area is 150 Å². The molecule has 1 aliphatic rings. The van der Waals surface area contributed by atoms with Crippen molar-refractivity contribution >= 4 is 23.1 Å². The fourth-order valence-electron chi connectivity index (χ4n) is 2.50. The third-order valence-electron chi connectivity index (χ3n) is 3.75. The molecule has 0 aromatic heterocycles. The number of carbonyl (C=O) groups excluding carboxylic acids is 1. The number of carbonyl (C=O) groups is 1. The summed E-state index contributed by atoms with van der Waals surface area (Å²) in [4.78, 5) is 12.9. The molecule has 0 saturated carbocycles. The molecule has 0 spiro atoms. The minimum atomic E-state index is -0.942. The van der Waals surface area contributed by atoms with Crippen molar-refractivity contribution in [2.45, 2.75) is 6.10 Å². The van der Waals surface area contributed by atoms with Crippen LogP contribution in [0.4, 0.5) is 5.69 Å². The SMILES string of the molecule is O=C(c1cccc(Cl)c1)c1cc2c(cc1NCC(O)CO)OCCO2. The van der Waals surface area contributed by atoms with E-state index in [-0.39, 0.29) is 18.9 Å². The third-order valence-corrected chi connectivity index (χ3v) is 3.99. The lowest BCUT2D eigenvalue weighted by Crippen LogP contribution is -2.24. The van der Waals surface area contributed by atoms with Crippen molar-refractivity contribution in [1.82, 2.24) is 0 Å². The molecule has 1 heterocycles. The monoisotopic (exact) mass is 363 g/mol. The molecule has 0 amide bonds. The van der Waals surface area contributed by atoms with Crippen LogP contribution in [0.1, 0.15) is 15.9 Å². The molecule has 1 aliphatic heterocycles. The van der Waals surface area contributed by atoms with Gasteiger partial charge in [0.2, 0.25) is 0 Å². The van der Waals surface area contributed by atoms with Crippen molar-refractivity contribution < 1.29 is 24.5 Å². The predicted molar refractivity (Wildman–Crippen MR) is 93.9 cm³/mol. The lowest BCUT2D eigenvalue weighted by molar-refractivity contribution is 0.103. The van der Waals surface area contributed by atoms with Crippen LogP contribution in [0.15, 0.2) is 36.4 Å². The predicted octanol–water partition coefficient (Wildman–Crippen LogP) is 2.11. The van der Waals surface area contributed by atoms with Gasteiger partial charge >= 0.3 is 0 Å². The summed E-state index contributed by atoms with van der Waals surface area (Å²) in [6.45, 7) is 0.544. The minimum absolute atomic E-state index is 0.0893. The Morgan fingerprint density at radius 2 is 1.92 bits per heavy atom. The number of rotatable bonds is 6. The van der Waals surface area contributed by atoms with E-state index >= 15 is 0 Å². The number of ketones is 1. The Balaban J connectivity index is 1.98. The standard InChI is InChI=1S/C18H18ClNO5/c19-12-3-1-2-11(6-12)18(23)14-7-16-17(25-5-4-24-16)8-15(14)20-9-13(22)10-21/h1-3,6-8,13,20-22H,4-5,9-10H2. The first-order valence-electron chi connectivity index (χ1n) is 7.85. The Morgan fingerprint density at radius 1 is 1.20 bits per heavy atom. The molecule has 1 unspecified atom stereocenters. The summed E-state index contributed by atoms with van der Waals surface area (Å²) in [6.07, 6.45) is -0.942. The Bertz CT molecular complexity index is 780. The summed E-state index contributed by atoms with van der Waals surface area (Å²) >= 11 is 5.98. The van der Waals surface area contributed by atoms with Crippen LogP contribution in [0.2, 0.25) is 5.02 Å². The second-order valence-corrected chi connectivity index (χ2v) is 6.03. The van der Waals surface area contributed by atoms with E-state index in [0.29, 0.717) is 46.5 Å². The highest BCUT2D eigenvalue weighted by Gasteiger charge is 2.21. The molecule has 1 atom stereocenters. The highest BCUT2D eigenvalue weighted by atomic mass is 35.5. The van der Waals surface area contributed by atoms with E-state index in [1.165, 1.54) is 0 Å². The van der Waals surface area contributed by atoms with E-state index in [1.807, 2.05) is 0 Å². The normalized spacial score (nSPS) is 14.0. The first kappa shape index (κ1) is 17.5. The van der Waals surface area contributed by atoms with Gasteiger partial charge in [-0.05, 0) is 18.2 Å².